The third-order valence-corrected chi connectivity index (χ3v) is 6.21. The number of aryl methyl sites for hydroxylation is 1. The second kappa shape index (κ2) is 15.7. The van der Waals surface area contributed by atoms with Gasteiger partial charge >= 0.3 is 29.8 Å². The number of nitrogens with one attached hydrogen (secondary N) is 1. The van der Waals surface area contributed by atoms with Crippen molar-refractivity contribution in [2.45, 2.75) is 39.4 Å². The van der Waals surface area contributed by atoms with Crippen molar-refractivity contribution in [2.24, 2.45) is 0 Å². The van der Waals surface area contributed by atoms with Crippen LogP contribution in [-0.4, -0.2) is 67.3 Å². The number of methoxy groups -OCH3 is 2. The van der Waals surface area contributed by atoms with Gasteiger partial charge in [-0.15, -0.1) is 0 Å². The number of carboxylic acid groups (broad SMARTS) is 1. The lowest BCUT2D eigenvalue weighted by Crippen LogP contribution is -2.48. The molecule has 14 nitrogen and oxygen atoms in total. The number of carbonyl (C=O) groups excluding carboxylic acids is 5. The molecule has 0 saturated carbocycles. The van der Waals surface area contributed by atoms with Crippen LogP contribution in [0.5, 0.6) is 23.0 Å². The first-order chi connectivity index (χ1) is 21.9. The van der Waals surface area contributed by atoms with Gasteiger partial charge in [0.1, 0.15) is 0 Å². The topological polar surface area (TPSA) is 190 Å². The number of anilines is 1. The Bertz CT molecular complexity index is 1650. The van der Waals surface area contributed by atoms with Gasteiger partial charge in [0.2, 0.25) is 12.2 Å². The lowest BCUT2D eigenvalue weighted by molar-refractivity contribution is -0.157. The van der Waals surface area contributed by atoms with Crippen molar-refractivity contribution in [1.29, 1.82) is 0 Å². The van der Waals surface area contributed by atoms with Gasteiger partial charge in [-0.05, 0) is 54.4 Å². The molecule has 3 aromatic carbocycles. The van der Waals surface area contributed by atoms with Gasteiger partial charge in [0.15, 0.2) is 23.0 Å². The fraction of sp³-hybridized carbons (Fsp3) is 0.250. The highest BCUT2D eigenvalue weighted by atomic mass is 16.6. The summed E-state index contributed by atoms with van der Waals surface area (Å²) in [5, 5.41) is 12.6. The van der Waals surface area contributed by atoms with E-state index in [0.29, 0.717) is 17.7 Å². The smallest absolute Gasteiger partial charge is 0.349 e. The van der Waals surface area contributed by atoms with Crippen LogP contribution < -0.4 is 24.3 Å². The van der Waals surface area contributed by atoms with E-state index in [9.17, 15) is 33.9 Å². The predicted octanol–water partition coefficient (Wildman–Crippen LogP) is 3.59. The van der Waals surface area contributed by atoms with Crippen LogP contribution in [0.3, 0.4) is 0 Å². The summed E-state index contributed by atoms with van der Waals surface area (Å²) in [7, 11) is 2.51. The van der Waals surface area contributed by atoms with E-state index >= 15 is 0 Å². The lowest BCUT2D eigenvalue weighted by atomic mass is 10.1. The maximum atomic E-state index is 13.6. The summed E-state index contributed by atoms with van der Waals surface area (Å²) in [5.74, 6) is -6.74. The van der Waals surface area contributed by atoms with Crippen LogP contribution >= 0.6 is 0 Å². The lowest BCUT2D eigenvalue weighted by Gasteiger charge is -2.24. The molecule has 0 heterocycles. The molecule has 0 fully saturated rings. The molecule has 0 aliphatic carbocycles. The van der Waals surface area contributed by atoms with Crippen molar-refractivity contribution in [3.05, 3.63) is 77.4 Å². The van der Waals surface area contributed by atoms with Crippen molar-refractivity contribution in [1.82, 2.24) is 0 Å². The summed E-state index contributed by atoms with van der Waals surface area (Å²) in [6, 6.07) is 13.8. The van der Waals surface area contributed by atoms with Crippen LogP contribution in [0.25, 0.3) is 0 Å². The van der Waals surface area contributed by atoms with E-state index in [2.05, 4.69) is 5.32 Å². The number of esters is 4. The summed E-state index contributed by atoms with van der Waals surface area (Å²) >= 11 is 0. The number of carbonyl (C=O) groups is 6. The van der Waals surface area contributed by atoms with Crippen molar-refractivity contribution < 1.29 is 62.3 Å². The molecule has 2 atom stereocenters. The standard InChI is InChI=1S/C32H31NO13/c1-6-19-9-7-8-10-22(19)33-29(36)27(45-31(39)20-11-13-23(43-17(2)34)25(15-20)41-4)28(30(37)38)46-32(40)21-12-14-24(44-18(3)35)26(16-21)42-5/h7-16,27-28H,6H2,1-5H3,(H,33,36)(H,37,38)/t27-,28+/m1/s1. The van der Waals surface area contributed by atoms with Crippen molar-refractivity contribution in [3.8, 4) is 23.0 Å². The van der Waals surface area contributed by atoms with E-state index in [1.165, 1.54) is 45.4 Å². The first-order valence-corrected chi connectivity index (χ1v) is 13.6. The SMILES string of the molecule is CCc1ccccc1NC(=O)[C@H](OC(=O)c1ccc(OC(C)=O)c(OC)c1)[C@H](OC(=O)c1ccc(OC(C)=O)c(OC)c1)C(=O)O. The molecule has 0 aliphatic rings. The molecule has 46 heavy (non-hydrogen) atoms. The maximum Gasteiger partial charge on any atom is 0.349 e. The molecule has 0 unspecified atom stereocenters. The van der Waals surface area contributed by atoms with Crippen LogP contribution in [0.4, 0.5) is 5.69 Å². The second-order valence-electron chi connectivity index (χ2n) is 9.41. The van der Waals surface area contributed by atoms with Gasteiger partial charge in [0.05, 0.1) is 25.3 Å². The molecule has 0 bridgehead atoms. The minimum absolute atomic E-state index is 0.00972. The van der Waals surface area contributed by atoms with Gasteiger partial charge in [0.25, 0.3) is 5.91 Å². The summed E-state index contributed by atoms with van der Waals surface area (Å²) in [6.07, 6.45) is -4.05. The summed E-state index contributed by atoms with van der Waals surface area (Å²) in [5.41, 5.74) is 0.563. The number of hydrogen-bond donors (Lipinski definition) is 2. The summed E-state index contributed by atoms with van der Waals surface area (Å²) in [4.78, 5) is 75.2. The number of benzene rings is 3. The van der Waals surface area contributed by atoms with Crippen LogP contribution in [0.2, 0.25) is 0 Å². The Balaban J connectivity index is 1.99. The molecular formula is C32H31NO13. The van der Waals surface area contributed by atoms with Crippen molar-refractivity contribution in [3.63, 3.8) is 0 Å². The second-order valence-corrected chi connectivity index (χ2v) is 9.41. The quantitative estimate of drug-likeness (QED) is 0.204. The third kappa shape index (κ3) is 8.81. The van der Waals surface area contributed by atoms with Gasteiger partial charge in [-0.3, -0.25) is 14.4 Å². The van der Waals surface area contributed by atoms with E-state index in [1.807, 2.05) is 6.92 Å². The van der Waals surface area contributed by atoms with E-state index in [1.54, 1.807) is 24.3 Å². The zero-order valence-corrected chi connectivity index (χ0v) is 25.5. The van der Waals surface area contributed by atoms with E-state index in [-0.39, 0.29) is 34.1 Å². The highest BCUT2D eigenvalue weighted by Gasteiger charge is 2.41. The van der Waals surface area contributed by atoms with Crippen LogP contribution in [0.1, 0.15) is 47.1 Å². The molecule has 3 aromatic rings. The zero-order chi connectivity index (χ0) is 34.0. The van der Waals surface area contributed by atoms with Gasteiger partial charge in [-0.2, -0.15) is 0 Å². The molecule has 0 aliphatic heterocycles. The Morgan fingerprint density at radius 3 is 1.61 bits per heavy atom. The Hall–Kier alpha value is -5.92. The minimum Gasteiger partial charge on any atom is -0.493 e. The molecule has 0 spiro atoms. The fourth-order valence-electron chi connectivity index (χ4n) is 4.08. The maximum absolute atomic E-state index is 13.6. The number of aliphatic carboxylic acids is 1. The highest BCUT2D eigenvalue weighted by Crippen LogP contribution is 2.30. The van der Waals surface area contributed by atoms with Gasteiger partial charge < -0.3 is 38.8 Å². The Labute approximate surface area is 263 Å². The fourth-order valence-corrected chi connectivity index (χ4v) is 4.08. The van der Waals surface area contributed by atoms with Crippen molar-refractivity contribution >= 4 is 41.4 Å². The minimum atomic E-state index is -2.34. The first kappa shape index (κ1) is 34.6. The first-order valence-electron chi connectivity index (χ1n) is 13.6. The monoisotopic (exact) mass is 637 g/mol. The number of ether oxygens (including phenoxy) is 6. The molecule has 1 amide bonds. The van der Waals surface area contributed by atoms with Gasteiger partial charge in [0, 0.05) is 19.5 Å². The third-order valence-electron chi connectivity index (χ3n) is 6.21. The van der Waals surface area contributed by atoms with E-state index < -0.39 is 48.0 Å². The average Bonchev–Trinajstić information content (AvgIpc) is 3.02. The van der Waals surface area contributed by atoms with Crippen LogP contribution in [0.15, 0.2) is 60.7 Å². The number of para-hydroxylation sites is 1. The Kier molecular flexibility index (Phi) is 11.8. The van der Waals surface area contributed by atoms with E-state index in [0.717, 1.165) is 19.1 Å². The largest absolute Gasteiger partial charge is 0.493 e. The number of rotatable bonds is 13. The number of amides is 1. The Morgan fingerprint density at radius 1 is 0.696 bits per heavy atom. The highest BCUT2D eigenvalue weighted by molar-refractivity contribution is 6.02. The van der Waals surface area contributed by atoms with Crippen molar-refractivity contribution in [2.75, 3.05) is 19.5 Å². The number of hydrogen-bond acceptors (Lipinski definition) is 12. The molecule has 0 saturated heterocycles. The molecule has 0 radical (unpaired) electrons. The molecule has 242 valence electrons. The molecule has 2 N–H and O–H groups in total. The molecular weight excluding hydrogens is 606 g/mol. The van der Waals surface area contributed by atoms with Gasteiger partial charge in [-0.25, -0.2) is 14.4 Å². The van der Waals surface area contributed by atoms with Gasteiger partial charge in [-0.1, -0.05) is 25.1 Å². The van der Waals surface area contributed by atoms with E-state index in [4.69, 9.17) is 28.4 Å². The Morgan fingerprint density at radius 2 is 1.17 bits per heavy atom. The predicted molar refractivity (Wildman–Crippen MR) is 159 cm³/mol. The van der Waals surface area contributed by atoms with Crippen LogP contribution in [0, 0.1) is 0 Å². The molecule has 14 heteroatoms. The molecule has 3 rings (SSSR count). The zero-order valence-electron chi connectivity index (χ0n) is 25.5. The normalized spacial score (nSPS) is 11.7. The molecule has 0 aromatic heterocycles. The van der Waals surface area contributed by atoms with Crippen LogP contribution in [-0.2, 0) is 35.1 Å². The number of carboxylic acids is 1. The summed E-state index contributed by atoms with van der Waals surface area (Å²) < 4.78 is 30.9. The average molecular weight is 638 g/mol. The summed E-state index contributed by atoms with van der Waals surface area (Å²) in [6.45, 7) is 4.16.